The molecule has 8 heteroatoms. The second kappa shape index (κ2) is 9.65. The molecule has 0 heterocycles. The zero-order valence-electron chi connectivity index (χ0n) is 17.4. The van der Waals surface area contributed by atoms with Gasteiger partial charge >= 0.3 is 0 Å². The maximum atomic E-state index is 12.2. The van der Waals surface area contributed by atoms with Gasteiger partial charge in [0.2, 0.25) is 10.0 Å². The van der Waals surface area contributed by atoms with Gasteiger partial charge in [-0.25, -0.2) is 8.42 Å². The van der Waals surface area contributed by atoms with Gasteiger partial charge in [-0.05, 0) is 68.3 Å². The standard InChI is InChI=1S/C21H28N2O5S/c1-15-6-9-20(14-16(15)2)27-13-12-22-21(24)17(3)28-19-10-7-18(8-11-19)23(4)29(5,25)26/h6-11,14,17H,12-13H2,1-5H3,(H,22,24)/t17-/m0/s1. The Labute approximate surface area is 172 Å². The maximum Gasteiger partial charge on any atom is 0.260 e. The largest absolute Gasteiger partial charge is 0.492 e. The lowest BCUT2D eigenvalue weighted by Crippen LogP contribution is -2.38. The molecule has 0 spiro atoms. The minimum atomic E-state index is -3.33. The molecule has 2 aromatic rings. The summed E-state index contributed by atoms with van der Waals surface area (Å²) < 4.78 is 35.6. The summed E-state index contributed by atoms with van der Waals surface area (Å²) >= 11 is 0. The zero-order valence-corrected chi connectivity index (χ0v) is 18.2. The second-order valence-electron chi connectivity index (χ2n) is 6.87. The van der Waals surface area contributed by atoms with E-state index in [0.29, 0.717) is 24.6 Å². The highest BCUT2D eigenvalue weighted by Crippen LogP contribution is 2.21. The molecule has 0 aliphatic heterocycles. The molecule has 0 radical (unpaired) electrons. The Hall–Kier alpha value is -2.74. The van der Waals surface area contributed by atoms with Gasteiger partial charge in [0.15, 0.2) is 6.10 Å². The number of carbonyl (C=O) groups excluding carboxylic acids is 1. The third-order valence-corrected chi connectivity index (χ3v) is 5.73. The first-order valence-electron chi connectivity index (χ1n) is 9.26. The van der Waals surface area contributed by atoms with E-state index in [2.05, 4.69) is 5.32 Å². The summed E-state index contributed by atoms with van der Waals surface area (Å²) in [6, 6.07) is 12.4. The van der Waals surface area contributed by atoms with E-state index in [1.807, 2.05) is 32.0 Å². The number of sulfonamides is 1. The summed E-state index contributed by atoms with van der Waals surface area (Å²) in [4.78, 5) is 12.2. The van der Waals surface area contributed by atoms with Crippen molar-refractivity contribution in [2.24, 2.45) is 0 Å². The van der Waals surface area contributed by atoms with Crippen LogP contribution in [0.5, 0.6) is 11.5 Å². The Morgan fingerprint density at radius 2 is 1.69 bits per heavy atom. The van der Waals surface area contributed by atoms with Gasteiger partial charge < -0.3 is 14.8 Å². The van der Waals surface area contributed by atoms with Crippen molar-refractivity contribution in [3.63, 3.8) is 0 Å². The highest BCUT2D eigenvalue weighted by Gasteiger charge is 2.15. The lowest BCUT2D eigenvalue weighted by Gasteiger charge is -2.18. The average Bonchev–Trinajstić information content (AvgIpc) is 2.67. The summed E-state index contributed by atoms with van der Waals surface area (Å²) in [5.74, 6) is 0.987. The lowest BCUT2D eigenvalue weighted by atomic mass is 10.1. The summed E-state index contributed by atoms with van der Waals surface area (Å²) in [6.45, 7) is 6.42. The minimum absolute atomic E-state index is 0.258. The molecule has 2 aromatic carbocycles. The third-order valence-electron chi connectivity index (χ3n) is 4.53. The van der Waals surface area contributed by atoms with Gasteiger partial charge in [-0.15, -0.1) is 0 Å². The smallest absolute Gasteiger partial charge is 0.260 e. The SMILES string of the molecule is Cc1ccc(OCCNC(=O)[C@H](C)Oc2ccc(N(C)S(C)(=O)=O)cc2)cc1C. The predicted octanol–water partition coefficient (Wildman–Crippen LogP) is 2.66. The molecule has 0 aromatic heterocycles. The molecular weight excluding hydrogens is 392 g/mol. The fourth-order valence-corrected chi connectivity index (χ4v) is 2.98. The number of carbonyl (C=O) groups is 1. The Balaban J connectivity index is 1.79. The van der Waals surface area contributed by atoms with Crippen LogP contribution in [0, 0.1) is 13.8 Å². The number of aryl methyl sites for hydroxylation is 2. The van der Waals surface area contributed by atoms with Crippen LogP contribution in [0.25, 0.3) is 0 Å². The monoisotopic (exact) mass is 420 g/mol. The normalized spacial score (nSPS) is 12.2. The number of benzene rings is 2. The van der Waals surface area contributed by atoms with E-state index in [4.69, 9.17) is 9.47 Å². The van der Waals surface area contributed by atoms with Crippen LogP contribution < -0.4 is 19.1 Å². The van der Waals surface area contributed by atoms with Crippen molar-refractivity contribution >= 4 is 21.6 Å². The molecule has 0 aliphatic carbocycles. The highest BCUT2D eigenvalue weighted by atomic mass is 32.2. The Morgan fingerprint density at radius 1 is 1.07 bits per heavy atom. The number of anilines is 1. The number of nitrogens with one attached hydrogen (secondary N) is 1. The summed E-state index contributed by atoms with van der Waals surface area (Å²) in [6.07, 6.45) is 0.433. The van der Waals surface area contributed by atoms with Crippen LogP contribution >= 0.6 is 0 Å². The van der Waals surface area contributed by atoms with Crippen LogP contribution in [0.1, 0.15) is 18.1 Å². The Bertz CT molecular complexity index is 942. The Kier molecular flexibility index (Phi) is 7.50. The molecule has 1 atom stereocenters. The van der Waals surface area contributed by atoms with E-state index in [1.54, 1.807) is 31.2 Å². The van der Waals surface area contributed by atoms with E-state index < -0.39 is 16.1 Å². The summed E-state index contributed by atoms with van der Waals surface area (Å²) in [5, 5.41) is 2.77. The first kappa shape index (κ1) is 22.5. The first-order chi connectivity index (χ1) is 13.6. The zero-order chi connectivity index (χ0) is 21.6. The fourth-order valence-electron chi connectivity index (χ4n) is 2.47. The molecule has 1 N–H and O–H groups in total. The van der Waals surface area contributed by atoms with Crippen molar-refractivity contribution in [3.8, 4) is 11.5 Å². The van der Waals surface area contributed by atoms with Crippen molar-refractivity contribution in [1.82, 2.24) is 5.32 Å². The van der Waals surface area contributed by atoms with Crippen molar-refractivity contribution in [1.29, 1.82) is 0 Å². The summed E-state index contributed by atoms with van der Waals surface area (Å²) in [7, 11) is -1.85. The van der Waals surface area contributed by atoms with E-state index >= 15 is 0 Å². The average molecular weight is 421 g/mol. The molecule has 7 nitrogen and oxygen atoms in total. The number of amides is 1. The number of hydrogen-bond acceptors (Lipinski definition) is 5. The molecule has 29 heavy (non-hydrogen) atoms. The van der Waals surface area contributed by atoms with E-state index in [1.165, 1.54) is 16.9 Å². The van der Waals surface area contributed by atoms with Gasteiger partial charge in [0.1, 0.15) is 18.1 Å². The molecule has 2 rings (SSSR count). The molecule has 0 fully saturated rings. The molecule has 0 bridgehead atoms. The van der Waals surface area contributed by atoms with Gasteiger partial charge in [-0.2, -0.15) is 0 Å². The van der Waals surface area contributed by atoms with Crippen LogP contribution in [0.4, 0.5) is 5.69 Å². The number of rotatable bonds is 9. The minimum Gasteiger partial charge on any atom is -0.492 e. The second-order valence-corrected chi connectivity index (χ2v) is 8.88. The van der Waals surface area contributed by atoms with Crippen molar-refractivity contribution in [2.45, 2.75) is 26.9 Å². The van der Waals surface area contributed by atoms with Crippen molar-refractivity contribution < 1.29 is 22.7 Å². The Morgan fingerprint density at radius 3 is 2.28 bits per heavy atom. The topological polar surface area (TPSA) is 84.9 Å². The van der Waals surface area contributed by atoms with Crippen LogP contribution in [-0.4, -0.2) is 46.9 Å². The molecule has 0 saturated heterocycles. The molecule has 158 valence electrons. The van der Waals surface area contributed by atoms with E-state index in [9.17, 15) is 13.2 Å². The van der Waals surface area contributed by atoms with Crippen LogP contribution in [0.3, 0.4) is 0 Å². The van der Waals surface area contributed by atoms with Gasteiger partial charge in [0.05, 0.1) is 18.5 Å². The predicted molar refractivity (Wildman–Crippen MR) is 114 cm³/mol. The molecule has 0 saturated carbocycles. The quantitative estimate of drug-likeness (QED) is 0.631. The molecule has 1 amide bonds. The highest BCUT2D eigenvalue weighted by molar-refractivity contribution is 7.92. The van der Waals surface area contributed by atoms with Crippen LogP contribution in [0.15, 0.2) is 42.5 Å². The van der Waals surface area contributed by atoms with Gasteiger partial charge in [-0.1, -0.05) is 6.07 Å². The lowest BCUT2D eigenvalue weighted by molar-refractivity contribution is -0.127. The molecule has 0 aliphatic rings. The fraction of sp³-hybridized carbons (Fsp3) is 0.381. The number of hydrogen-bond donors (Lipinski definition) is 1. The van der Waals surface area contributed by atoms with Crippen LogP contribution in [-0.2, 0) is 14.8 Å². The molecular formula is C21H28N2O5S. The van der Waals surface area contributed by atoms with Gasteiger partial charge in [0.25, 0.3) is 5.91 Å². The number of ether oxygens (including phenoxy) is 2. The van der Waals surface area contributed by atoms with E-state index in [0.717, 1.165) is 17.6 Å². The first-order valence-corrected chi connectivity index (χ1v) is 11.1. The van der Waals surface area contributed by atoms with Crippen molar-refractivity contribution in [2.75, 3.05) is 30.8 Å². The number of nitrogens with zero attached hydrogens (tertiary/aromatic N) is 1. The molecule has 0 unspecified atom stereocenters. The maximum absolute atomic E-state index is 12.2. The summed E-state index contributed by atoms with van der Waals surface area (Å²) in [5.41, 5.74) is 2.87. The van der Waals surface area contributed by atoms with Gasteiger partial charge in [0, 0.05) is 7.05 Å². The third kappa shape index (κ3) is 6.67. The van der Waals surface area contributed by atoms with Gasteiger partial charge in [-0.3, -0.25) is 9.10 Å². The van der Waals surface area contributed by atoms with Crippen molar-refractivity contribution in [3.05, 3.63) is 53.6 Å². The van der Waals surface area contributed by atoms with E-state index in [-0.39, 0.29) is 5.91 Å². The van der Waals surface area contributed by atoms with Crippen LogP contribution in [0.2, 0.25) is 0 Å².